The van der Waals surface area contributed by atoms with Crippen molar-refractivity contribution in [1.29, 1.82) is 5.26 Å². The Hall–Kier alpha value is -3.86. The van der Waals surface area contributed by atoms with E-state index >= 15 is 0 Å². The van der Waals surface area contributed by atoms with Gasteiger partial charge in [0.25, 0.3) is 0 Å². The number of Topliss-reactive ketones (excluding diaryl/α,β-unsaturated/α-hetero) is 1. The number of nitriles is 1. The molecule has 0 aliphatic heterocycles. The lowest BCUT2D eigenvalue weighted by atomic mass is 10.0. The van der Waals surface area contributed by atoms with Crippen LogP contribution in [0.2, 0.25) is 0 Å². The second kappa shape index (κ2) is 9.56. The molecule has 156 valence electrons. The summed E-state index contributed by atoms with van der Waals surface area (Å²) >= 11 is 0. The summed E-state index contributed by atoms with van der Waals surface area (Å²) in [6, 6.07) is 12.9. The highest BCUT2D eigenvalue weighted by Gasteiger charge is 2.17. The lowest BCUT2D eigenvalue weighted by Gasteiger charge is -2.01. The second-order valence-electron chi connectivity index (χ2n) is 6.60. The van der Waals surface area contributed by atoms with Gasteiger partial charge in [0, 0.05) is 28.8 Å². The van der Waals surface area contributed by atoms with E-state index in [0.717, 1.165) is 33.3 Å². The van der Waals surface area contributed by atoms with Crippen molar-refractivity contribution in [2.24, 2.45) is 5.92 Å². The number of nitrogens with zero attached hydrogens (tertiary/aromatic N) is 3. The fourth-order valence-corrected chi connectivity index (χ4v) is 2.80. The molecule has 4 aromatic rings. The van der Waals surface area contributed by atoms with Crippen LogP contribution in [0.3, 0.4) is 0 Å². The molecule has 8 nitrogen and oxygen atoms in total. The molecule has 2 N–H and O–H groups in total. The number of H-pyrrole nitrogens is 2. The molecule has 0 saturated carbocycles. The van der Waals surface area contributed by atoms with Gasteiger partial charge in [-0.1, -0.05) is 21.3 Å². The standard InChI is InChI=1S/C12H14N2O2.C9H7N3O.CH4/c1-7(2)12(15)11-9-5-4-8(16-3)6-10(9)13-14-11;1-13-6-2-3-7-8(4-6)11-12-9(7)5-10;/h4-7H,1-3H3,(H,13,14);2-4H,1H3,(H,11,12);1H4. The molecule has 2 aromatic heterocycles. The van der Waals surface area contributed by atoms with Crippen molar-refractivity contribution in [3.05, 3.63) is 47.8 Å². The summed E-state index contributed by atoms with van der Waals surface area (Å²) in [5, 5.41) is 23.9. The lowest BCUT2D eigenvalue weighted by molar-refractivity contribution is 0.0936. The topological polar surface area (TPSA) is 117 Å². The Morgan fingerprint density at radius 1 is 0.967 bits per heavy atom. The van der Waals surface area contributed by atoms with E-state index in [4.69, 9.17) is 14.7 Å². The minimum Gasteiger partial charge on any atom is -0.497 e. The highest BCUT2D eigenvalue weighted by atomic mass is 16.5. The number of methoxy groups -OCH3 is 2. The first-order chi connectivity index (χ1) is 14.0. The first-order valence-electron chi connectivity index (χ1n) is 8.97. The summed E-state index contributed by atoms with van der Waals surface area (Å²) in [4.78, 5) is 11.9. The van der Waals surface area contributed by atoms with Crippen molar-refractivity contribution >= 4 is 27.6 Å². The van der Waals surface area contributed by atoms with Crippen LogP contribution in [0.25, 0.3) is 21.8 Å². The molecule has 0 saturated heterocycles. The van der Waals surface area contributed by atoms with Crippen LogP contribution >= 0.6 is 0 Å². The van der Waals surface area contributed by atoms with Gasteiger partial charge in [-0.2, -0.15) is 15.5 Å². The highest BCUT2D eigenvalue weighted by Crippen LogP contribution is 2.23. The Kier molecular flexibility index (Phi) is 7.15. The van der Waals surface area contributed by atoms with E-state index in [1.807, 2.05) is 50.2 Å². The average molecular weight is 407 g/mol. The maximum atomic E-state index is 11.9. The third kappa shape index (κ3) is 4.41. The lowest BCUT2D eigenvalue weighted by Crippen LogP contribution is -2.08. The van der Waals surface area contributed by atoms with Gasteiger partial charge in [0.05, 0.1) is 25.3 Å². The van der Waals surface area contributed by atoms with Gasteiger partial charge < -0.3 is 9.47 Å². The first-order valence-corrected chi connectivity index (χ1v) is 8.97. The predicted octanol–water partition coefficient (Wildman–Crippen LogP) is 4.49. The van der Waals surface area contributed by atoms with E-state index in [1.165, 1.54) is 0 Å². The van der Waals surface area contributed by atoms with Gasteiger partial charge in [-0.25, -0.2) is 0 Å². The molecule has 0 fully saturated rings. The molecule has 0 bridgehead atoms. The fraction of sp³-hybridized carbons (Fsp3) is 0.273. The van der Waals surface area contributed by atoms with Crippen molar-refractivity contribution < 1.29 is 14.3 Å². The Morgan fingerprint density at radius 3 is 2.03 bits per heavy atom. The van der Waals surface area contributed by atoms with Crippen molar-refractivity contribution in [3.8, 4) is 17.6 Å². The van der Waals surface area contributed by atoms with Crippen LogP contribution in [0, 0.1) is 17.2 Å². The number of nitrogens with one attached hydrogen (secondary N) is 2. The highest BCUT2D eigenvalue weighted by molar-refractivity contribution is 6.06. The number of aromatic amines is 2. The van der Waals surface area contributed by atoms with Crippen molar-refractivity contribution in [3.63, 3.8) is 0 Å². The quantitative estimate of drug-likeness (QED) is 0.481. The van der Waals surface area contributed by atoms with E-state index in [1.54, 1.807) is 20.3 Å². The Labute approximate surface area is 174 Å². The van der Waals surface area contributed by atoms with Crippen LogP contribution in [0.5, 0.6) is 11.5 Å². The summed E-state index contributed by atoms with van der Waals surface area (Å²) in [5.74, 6) is 1.50. The molecule has 30 heavy (non-hydrogen) atoms. The van der Waals surface area contributed by atoms with Gasteiger partial charge in [-0.15, -0.1) is 0 Å². The largest absolute Gasteiger partial charge is 0.497 e. The van der Waals surface area contributed by atoms with Crippen LogP contribution in [0.15, 0.2) is 36.4 Å². The molecular weight excluding hydrogens is 382 g/mol. The molecule has 0 spiro atoms. The Morgan fingerprint density at radius 2 is 1.50 bits per heavy atom. The molecule has 2 aromatic carbocycles. The van der Waals surface area contributed by atoms with Gasteiger partial charge in [0.1, 0.15) is 23.3 Å². The van der Waals surface area contributed by atoms with Gasteiger partial charge in [-0.3, -0.25) is 15.0 Å². The molecule has 0 atom stereocenters. The zero-order valence-corrected chi connectivity index (χ0v) is 16.6. The number of ether oxygens (including phenoxy) is 2. The number of benzene rings is 2. The van der Waals surface area contributed by atoms with Crippen molar-refractivity contribution in [2.45, 2.75) is 21.3 Å². The molecule has 8 heteroatoms. The molecule has 0 radical (unpaired) electrons. The minimum absolute atomic E-state index is 0. The number of hydrogen-bond acceptors (Lipinski definition) is 6. The summed E-state index contributed by atoms with van der Waals surface area (Å²) in [5.41, 5.74) is 2.56. The number of hydrogen-bond donors (Lipinski definition) is 2. The van der Waals surface area contributed by atoms with Crippen LogP contribution in [0.4, 0.5) is 0 Å². The van der Waals surface area contributed by atoms with Crippen LogP contribution in [0.1, 0.15) is 37.5 Å². The van der Waals surface area contributed by atoms with Gasteiger partial charge in [0.15, 0.2) is 11.5 Å². The molecule has 0 unspecified atom stereocenters. The van der Waals surface area contributed by atoms with Crippen molar-refractivity contribution in [2.75, 3.05) is 14.2 Å². The molecule has 0 aliphatic rings. The zero-order valence-electron chi connectivity index (χ0n) is 16.6. The minimum atomic E-state index is -0.0476. The second-order valence-corrected chi connectivity index (χ2v) is 6.60. The summed E-state index contributed by atoms with van der Waals surface area (Å²) < 4.78 is 10.1. The van der Waals surface area contributed by atoms with E-state index < -0.39 is 0 Å². The van der Waals surface area contributed by atoms with Gasteiger partial charge in [0.2, 0.25) is 0 Å². The fourth-order valence-electron chi connectivity index (χ4n) is 2.80. The number of ketones is 1. The summed E-state index contributed by atoms with van der Waals surface area (Å²) in [7, 11) is 3.21. The average Bonchev–Trinajstić information content (AvgIpc) is 3.36. The van der Waals surface area contributed by atoms with Crippen molar-refractivity contribution in [1.82, 2.24) is 20.4 Å². The SMILES string of the molecule is C.COc1ccc2c(C#N)n[nH]c2c1.COc1ccc2c(C(=O)C(C)C)n[nH]c2c1. The third-order valence-corrected chi connectivity index (χ3v) is 4.40. The molecule has 0 amide bonds. The van der Waals surface area contributed by atoms with E-state index in [-0.39, 0.29) is 19.1 Å². The summed E-state index contributed by atoms with van der Waals surface area (Å²) in [6.45, 7) is 3.73. The Bertz CT molecular complexity index is 1200. The molecular formula is C22H25N5O3. The predicted molar refractivity (Wildman–Crippen MR) is 116 cm³/mol. The van der Waals surface area contributed by atoms with E-state index in [2.05, 4.69) is 20.4 Å². The van der Waals surface area contributed by atoms with E-state index in [9.17, 15) is 4.79 Å². The maximum Gasteiger partial charge on any atom is 0.186 e. The number of rotatable bonds is 4. The third-order valence-electron chi connectivity index (χ3n) is 4.40. The number of carbonyl (C=O) groups is 1. The molecule has 4 rings (SSSR count). The number of aromatic nitrogens is 4. The van der Waals surface area contributed by atoms with Gasteiger partial charge >= 0.3 is 0 Å². The molecule has 2 heterocycles. The number of fused-ring (bicyclic) bond motifs is 2. The summed E-state index contributed by atoms with van der Waals surface area (Å²) in [6.07, 6.45) is 0. The normalized spacial score (nSPS) is 10.1. The van der Waals surface area contributed by atoms with Crippen LogP contribution < -0.4 is 9.47 Å². The van der Waals surface area contributed by atoms with E-state index in [0.29, 0.717) is 11.4 Å². The maximum absolute atomic E-state index is 11.9. The first kappa shape index (κ1) is 22.4. The molecule has 0 aliphatic carbocycles. The van der Waals surface area contributed by atoms with Crippen LogP contribution in [-0.2, 0) is 0 Å². The number of carbonyl (C=O) groups excluding carboxylic acids is 1. The zero-order chi connectivity index (χ0) is 21.0. The smallest absolute Gasteiger partial charge is 0.186 e. The van der Waals surface area contributed by atoms with Crippen LogP contribution in [-0.4, -0.2) is 40.4 Å². The van der Waals surface area contributed by atoms with Gasteiger partial charge in [-0.05, 0) is 24.3 Å². The monoisotopic (exact) mass is 407 g/mol. The Balaban J connectivity index is 0.000000211.